The normalized spacial score (nSPS) is 14.6. The maximum atomic E-state index is 12.2. The minimum absolute atomic E-state index is 0.228. The smallest absolute Gasteiger partial charge is 0.410 e. The van der Waals surface area contributed by atoms with Crippen LogP contribution in [0.4, 0.5) is 4.79 Å². The third-order valence-corrected chi connectivity index (χ3v) is 4.12. The highest BCUT2D eigenvalue weighted by molar-refractivity contribution is 9.10. The lowest BCUT2D eigenvalue weighted by atomic mass is 10.2. The van der Waals surface area contributed by atoms with Gasteiger partial charge in [-0.3, -0.25) is 0 Å². The van der Waals surface area contributed by atoms with E-state index < -0.39 is 5.60 Å². The van der Waals surface area contributed by atoms with Gasteiger partial charge >= 0.3 is 6.09 Å². The molecule has 2 N–H and O–H groups in total. The predicted molar refractivity (Wildman–Crippen MR) is 93.5 cm³/mol. The fourth-order valence-corrected chi connectivity index (χ4v) is 2.65. The molecule has 0 saturated heterocycles. The molecule has 1 aromatic rings. The molecule has 128 valence electrons. The average Bonchev–Trinajstić information content (AvgIpc) is 3.25. The minimum atomic E-state index is -0.462. The first-order valence-electron chi connectivity index (χ1n) is 7.94. The van der Waals surface area contributed by atoms with Gasteiger partial charge in [-0.25, -0.2) is 4.79 Å². The zero-order valence-corrected chi connectivity index (χ0v) is 15.5. The van der Waals surface area contributed by atoms with Gasteiger partial charge in [-0.2, -0.15) is 0 Å². The molecule has 0 unspecified atom stereocenters. The number of nitrogens with zero attached hydrogens (tertiary/aromatic N) is 1. The summed E-state index contributed by atoms with van der Waals surface area (Å²) in [6.07, 6.45) is 1.89. The van der Waals surface area contributed by atoms with E-state index in [9.17, 15) is 9.90 Å². The van der Waals surface area contributed by atoms with Crippen molar-refractivity contribution in [2.75, 3.05) is 13.1 Å². The molecular formula is C17H25BrN2O3. The molecule has 23 heavy (non-hydrogen) atoms. The van der Waals surface area contributed by atoms with Crippen LogP contribution in [-0.2, 0) is 11.3 Å². The molecule has 1 fully saturated rings. The summed E-state index contributed by atoms with van der Waals surface area (Å²) < 4.78 is 6.16. The molecule has 0 radical (unpaired) electrons. The zero-order valence-electron chi connectivity index (χ0n) is 13.9. The number of nitrogens with one attached hydrogen (secondary N) is 1. The summed E-state index contributed by atoms with van der Waals surface area (Å²) in [6, 6.07) is 5.75. The van der Waals surface area contributed by atoms with E-state index in [2.05, 4.69) is 21.2 Å². The van der Waals surface area contributed by atoms with Crippen LogP contribution in [-0.4, -0.2) is 40.8 Å². The van der Waals surface area contributed by atoms with E-state index in [1.54, 1.807) is 6.07 Å². The van der Waals surface area contributed by atoms with Crippen molar-refractivity contribution in [1.82, 2.24) is 10.2 Å². The van der Waals surface area contributed by atoms with E-state index in [1.165, 1.54) is 0 Å². The first-order valence-corrected chi connectivity index (χ1v) is 8.73. The second kappa shape index (κ2) is 7.53. The molecule has 5 nitrogen and oxygen atoms in total. The van der Waals surface area contributed by atoms with Gasteiger partial charge in [0.15, 0.2) is 0 Å². The van der Waals surface area contributed by atoms with Crippen LogP contribution in [0.2, 0.25) is 0 Å². The van der Waals surface area contributed by atoms with E-state index >= 15 is 0 Å². The average molecular weight is 385 g/mol. The standard InChI is InChI=1S/C17H25BrN2O3/c1-17(2,3)23-16(22)20(13-5-6-13)9-8-19-11-12-4-7-15(21)14(18)10-12/h4,7,10,13,19,21H,5-6,8-9,11H2,1-3H3. The Morgan fingerprint density at radius 1 is 1.43 bits per heavy atom. The van der Waals surface area contributed by atoms with Crippen molar-refractivity contribution in [3.8, 4) is 5.75 Å². The summed E-state index contributed by atoms with van der Waals surface area (Å²) >= 11 is 3.31. The molecule has 1 aromatic carbocycles. The molecule has 0 atom stereocenters. The Morgan fingerprint density at radius 3 is 2.70 bits per heavy atom. The largest absolute Gasteiger partial charge is 0.507 e. The highest BCUT2D eigenvalue weighted by atomic mass is 79.9. The van der Waals surface area contributed by atoms with Gasteiger partial charge in [0.1, 0.15) is 11.4 Å². The van der Waals surface area contributed by atoms with Crippen LogP contribution >= 0.6 is 15.9 Å². The molecule has 0 aromatic heterocycles. The highest BCUT2D eigenvalue weighted by Gasteiger charge is 2.34. The number of halogens is 1. The molecule has 0 bridgehead atoms. The number of phenols is 1. The Hall–Kier alpha value is -1.27. The second-order valence-electron chi connectivity index (χ2n) is 6.87. The van der Waals surface area contributed by atoms with Crippen LogP contribution in [0.1, 0.15) is 39.2 Å². The van der Waals surface area contributed by atoms with Crippen LogP contribution in [0.25, 0.3) is 0 Å². The molecule has 1 aliphatic rings. The van der Waals surface area contributed by atoms with Crippen molar-refractivity contribution >= 4 is 22.0 Å². The predicted octanol–water partition coefficient (Wildman–Crippen LogP) is 3.64. The van der Waals surface area contributed by atoms with Crippen LogP contribution in [0, 0.1) is 0 Å². The number of benzene rings is 1. The Balaban J connectivity index is 1.78. The lowest BCUT2D eigenvalue weighted by Gasteiger charge is -2.27. The highest BCUT2D eigenvalue weighted by Crippen LogP contribution is 2.28. The lowest BCUT2D eigenvalue weighted by Crippen LogP contribution is -2.41. The molecule has 0 aliphatic heterocycles. The van der Waals surface area contributed by atoms with Crippen LogP contribution in [0.15, 0.2) is 22.7 Å². The van der Waals surface area contributed by atoms with E-state index in [-0.39, 0.29) is 11.8 Å². The Labute approximate surface area is 146 Å². The number of amides is 1. The fourth-order valence-electron chi connectivity index (χ4n) is 2.22. The quantitative estimate of drug-likeness (QED) is 0.734. The minimum Gasteiger partial charge on any atom is -0.507 e. The summed E-state index contributed by atoms with van der Waals surface area (Å²) in [5.74, 6) is 0.235. The van der Waals surface area contributed by atoms with Crippen molar-refractivity contribution in [1.29, 1.82) is 0 Å². The summed E-state index contributed by atoms with van der Waals surface area (Å²) in [6.45, 7) is 7.68. The molecule has 1 saturated carbocycles. The van der Waals surface area contributed by atoms with Crippen molar-refractivity contribution in [2.45, 2.75) is 51.8 Å². The van der Waals surface area contributed by atoms with Gasteiger partial charge in [0, 0.05) is 25.7 Å². The van der Waals surface area contributed by atoms with Gasteiger partial charge in [0.25, 0.3) is 0 Å². The molecule has 0 heterocycles. The Kier molecular flexibility index (Phi) is 5.92. The second-order valence-corrected chi connectivity index (χ2v) is 7.72. The lowest BCUT2D eigenvalue weighted by molar-refractivity contribution is 0.0236. The van der Waals surface area contributed by atoms with Crippen molar-refractivity contribution in [3.05, 3.63) is 28.2 Å². The van der Waals surface area contributed by atoms with Gasteiger partial charge in [-0.05, 0) is 67.2 Å². The molecule has 2 rings (SSSR count). The zero-order chi connectivity index (χ0) is 17.0. The Bertz CT molecular complexity index is 553. The molecular weight excluding hydrogens is 360 g/mol. The number of aromatic hydroxyl groups is 1. The topological polar surface area (TPSA) is 61.8 Å². The van der Waals surface area contributed by atoms with Crippen LogP contribution in [0.5, 0.6) is 5.75 Å². The monoisotopic (exact) mass is 384 g/mol. The van der Waals surface area contributed by atoms with Crippen molar-refractivity contribution in [2.24, 2.45) is 0 Å². The number of phenolic OH excluding ortho intramolecular Hbond substituents is 1. The third kappa shape index (κ3) is 6.03. The molecule has 0 spiro atoms. The van der Waals surface area contributed by atoms with Crippen LogP contribution in [0.3, 0.4) is 0 Å². The summed E-state index contributed by atoms with van der Waals surface area (Å²) in [7, 11) is 0. The number of hydrogen-bond donors (Lipinski definition) is 2. The van der Waals surface area contributed by atoms with Gasteiger partial charge < -0.3 is 20.1 Å². The molecule has 6 heteroatoms. The van der Waals surface area contributed by atoms with E-state index in [0.29, 0.717) is 30.1 Å². The van der Waals surface area contributed by atoms with Gasteiger partial charge in [0.05, 0.1) is 4.47 Å². The first-order chi connectivity index (χ1) is 10.8. The van der Waals surface area contributed by atoms with Gasteiger partial charge in [-0.1, -0.05) is 6.07 Å². The van der Waals surface area contributed by atoms with Crippen LogP contribution < -0.4 is 5.32 Å². The first kappa shape index (κ1) is 18.1. The Morgan fingerprint density at radius 2 is 2.13 bits per heavy atom. The number of rotatable bonds is 6. The number of carbonyl (C=O) groups excluding carboxylic acids is 1. The number of ether oxygens (including phenoxy) is 1. The van der Waals surface area contributed by atoms with E-state index in [1.807, 2.05) is 37.8 Å². The van der Waals surface area contributed by atoms with Crippen molar-refractivity contribution < 1.29 is 14.6 Å². The molecule has 1 amide bonds. The van der Waals surface area contributed by atoms with E-state index in [4.69, 9.17) is 4.74 Å². The number of hydrogen-bond acceptors (Lipinski definition) is 4. The van der Waals surface area contributed by atoms with Gasteiger partial charge in [-0.15, -0.1) is 0 Å². The van der Waals surface area contributed by atoms with Crippen molar-refractivity contribution in [3.63, 3.8) is 0 Å². The molecule has 1 aliphatic carbocycles. The summed E-state index contributed by atoms with van der Waals surface area (Å²) in [5, 5.41) is 12.8. The third-order valence-electron chi connectivity index (χ3n) is 3.49. The van der Waals surface area contributed by atoms with E-state index in [0.717, 1.165) is 18.4 Å². The maximum Gasteiger partial charge on any atom is 0.410 e. The SMILES string of the molecule is CC(C)(C)OC(=O)N(CCNCc1ccc(O)c(Br)c1)C1CC1. The fraction of sp³-hybridized carbons (Fsp3) is 0.588. The maximum absolute atomic E-state index is 12.2. The summed E-state index contributed by atoms with van der Waals surface area (Å²) in [4.78, 5) is 14.1. The number of carbonyl (C=O) groups is 1. The summed E-state index contributed by atoms with van der Waals surface area (Å²) in [5.41, 5.74) is 0.612. The van der Waals surface area contributed by atoms with Gasteiger partial charge in [0.2, 0.25) is 0 Å².